The van der Waals surface area contributed by atoms with Crippen LogP contribution in [-0.2, 0) is 0 Å². The van der Waals surface area contributed by atoms with Crippen LogP contribution in [0.4, 0.5) is 5.13 Å². The minimum Gasteiger partial charge on any atom is -0.375 e. The second-order valence-corrected chi connectivity index (χ2v) is 7.12. The van der Waals surface area contributed by atoms with Crippen LogP contribution in [0.1, 0.15) is 38.1 Å². The Kier molecular flexibility index (Phi) is 3.99. The van der Waals surface area contributed by atoms with Crippen LogP contribution in [0.15, 0.2) is 18.2 Å². The Balaban J connectivity index is 2.11. The maximum Gasteiger partial charge on any atom is 0.251 e. The third-order valence-corrected chi connectivity index (χ3v) is 4.78. The number of thiazole rings is 1. The molecule has 1 aromatic carbocycles. The molecule has 0 bridgehead atoms. The lowest BCUT2D eigenvalue weighted by Crippen LogP contribution is -2.36. The van der Waals surface area contributed by atoms with Gasteiger partial charge in [0.15, 0.2) is 5.13 Å². The zero-order chi connectivity index (χ0) is 14.9. The number of hydrogen-bond acceptors (Lipinski definition) is 4. The van der Waals surface area contributed by atoms with E-state index >= 15 is 0 Å². The number of nitrogens with zero attached hydrogens (tertiary/aromatic N) is 1. The van der Waals surface area contributed by atoms with Crippen molar-refractivity contribution in [2.45, 2.75) is 27.7 Å². The Bertz CT molecular complexity index is 631. The van der Waals surface area contributed by atoms with Gasteiger partial charge in [-0.05, 0) is 29.5 Å². The van der Waals surface area contributed by atoms with Gasteiger partial charge >= 0.3 is 0 Å². The smallest absolute Gasteiger partial charge is 0.251 e. The number of nitrogens with one attached hydrogen (secondary N) is 1. The highest BCUT2D eigenvalue weighted by molar-refractivity contribution is 7.22. The molecular weight excluding hydrogens is 270 g/mol. The van der Waals surface area contributed by atoms with Crippen molar-refractivity contribution in [2.24, 2.45) is 11.3 Å². The van der Waals surface area contributed by atoms with Crippen molar-refractivity contribution in [1.82, 2.24) is 10.3 Å². The summed E-state index contributed by atoms with van der Waals surface area (Å²) in [7, 11) is 0. The van der Waals surface area contributed by atoms with Crippen molar-refractivity contribution < 1.29 is 4.79 Å². The van der Waals surface area contributed by atoms with Crippen LogP contribution in [0.25, 0.3) is 10.2 Å². The van der Waals surface area contributed by atoms with Crippen molar-refractivity contribution in [3.8, 4) is 0 Å². The number of nitrogen functional groups attached to an aromatic ring is 1. The number of carbonyl (C=O) groups excluding carboxylic acids is 1. The van der Waals surface area contributed by atoms with Gasteiger partial charge in [0.05, 0.1) is 10.2 Å². The Labute approximate surface area is 123 Å². The molecule has 0 saturated heterocycles. The summed E-state index contributed by atoms with van der Waals surface area (Å²) in [6.45, 7) is 9.30. The Hall–Kier alpha value is -1.62. The average molecular weight is 291 g/mol. The van der Waals surface area contributed by atoms with Gasteiger partial charge in [-0.3, -0.25) is 4.79 Å². The molecule has 0 saturated carbocycles. The molecule has 1 amide bonds. The Morgan fingerprint density at radius 2 is 2.15 bits per heavy atom. The summed E-state index contributed by atoms with van der Waals surface area (Å²) in [5.74, 6) is 0.458. The molecule has 20 heavy (non-hydrogen) atoms. The number of nitrogens with two attached hydrogens (primary N) is 1. The fourth-order valence-corrected chi connectivity index (χ4v) is 2.47. The number of carbonyl (C=O) groups is 1. The fourth-order valence-electron chi connectivity index (χ4n) is 1.70. The molecule has 0 aliphatic heterocycles. The van der Waals surface area contributed by atoms with Gasteiger partial charge in [0, 0.05) is 12.1 Å². The average Bonchev–Trinajstić information content (AvgIpc) is 2.74. The van der Waals surface area contributed by atoms with E-state index in [1.807, 2.05) is 12.1 Å². The first kappa shape index (κ1) is 14.8. The zero-order valence-electron chi connectivity index (χ0n) is 12.4. The van der Waals surface area contributed by atoms with Crippen molar-refractivity contribution >= 4 is 32.6 Å². The predicted octanol–water partition coefficient (Wildman–Crippen LogP) is 3.29. The summed E-state index contributed by atoms with van der Waals surface area (Å²) >= 11 is 1.40. The van der Waals surface area contributed by atoms with Crippen molar-refractivity contribution in [2.75, 3.05) is 12.3 Å². The Morgan fingerprint density at radius 1 is 1.45 bits per heavy atom. The highest BCUT2D eigenvalue weighted by Crippen LogP contribution is 2.26. The molecule has 0 aliphatic carbocycles. The Morgan fingerprint density at radius 3 is 2.80 bits per heavy atom. The first-order valence-electron chi connectivity index (χ1n) is 6.74. The molecule has 0 fully saturated rings. The van der Waals surface area contributed by atoms with Crippen LogP contribution in [0, 0.1) is 11.3 Å². The van der Waals surface area contributed by atoms with Crippen LogP contribution < -0.4 is 11.1 Å². The number of rotatable bonds is 4. The monoisotopic (exact) mass is 291 g/mol. The van der Waals surface area contributed by atoms with Gasteiger partial charge in [0.2, 0.25) is 0 Å². The van der Waals surface area contributed by atoms with Crippen molar-refractivity contribution in [3.05, 3.63) is 23.8 Å². The molecule has 5 heteroatoms. The van der Waals surface area contributed by atoms with E-state index in [9.17, 15) is 4.79 Å². The maximum absolute atomic E-state index is 12.2. The van der Waals surface area contributed by atoms with Gasteiger partial charge in [-0.1, -0.05) is 39.0 Å². The molecule has 1 heterocycles. The minimum atomic E-state index is -0.0485. The standard InChI is InChI=1S/C15H21N3OS/c1-9(2)15(3,4)8-17-13(19)10-5-6-11-12(7-10)20-14(16)18-11/h5-7,9H,8H2,1-4H3,(H2,16,18)(H,17,19). The first-order valence-corrected chi connectivity index (χ1v) is 7.55. The summed E-state index contributed by atoms with van der Waals surface area (Å²) in [5.41, 5.74) is 7.24. The number of benzene rings is 1. The van der Waals surface area contributed by atoms with Gasteiger partial charge in [0.1, 0.15) is 0 Å². The van der Waals surface area contributed by atoms with Crippen molar-refractivity contribution in [3.63, 3.8) is 0 Å². The van der Waals surface area contributed by atoms with Crippen LogP contribution in [0.5, 0.6) is 0 Å². The van der Waals surface area contributed by atoms with E-state index in [1.54, 1.807) is 6.07 Å². The number of aromatic nitrogens is 1. The molecule has 0 radical (unpaired) electrons. The van der Waals surface area contributed by atoms with Crippen LogP contribution in [0.3, 0.4) is 0 Å². The third kappa shape index (κ3) is 3.10. The number of amides is 1. The van der Waals surface area contributed by atoms with Gasteiger partial charge in [-0.2, -0.15) is 0 Å². The van der Waals surface area contributed by atoms with Crippen LogP contribution >= 0.6 is 11.3 Å². The normalized spacial score (nSPS) is 12.1. The second kappa shape index (κ2) is 5.40. The number of fused-ring (bicyclic) bond motifs is 1. The molecule has 1 aromatic heterocycles. The van der Waals surface area contributed by atoms with E-state index < -0.39 is 0 Å². The third-order valence-electron chi connectivity index (χ3n) is 3.93. The van der Waals surface area contributed by atoms with E-state index in [-0.39, 0.29) is 11.3 Å². The SMILES string of the molecule is CC(C)C(C)(C)CNC(=O)c1ccc2nc(N)sc2c1. The molecule has 4 nitrogen and oxygen atoms in total. The molecular formula is C15H21N3OS. The molecule has 2 aromatic rings. The number of anilines is 1. The van der Waals surface area contributed by atoms with E-state index in [4.69, 9.17) is 5.73 Å². The second-order valence-electron chi connectivity index (χ2n) is 6.06. The largest absolute Gasteiger partial charge is 0.375 e. The lowest BCUT2D eigenvalue weighted by atomic mass is 9.81. The van der Waals surface area contributed by atoms with Gasteiger partial charge in [0.25, 0.3) is 5.91 Å². The highest BCUT2D eigenvalue weighted by Gasteiger charge is 2.23. The van der Waals surface area contributed by atoms with Gasteiger partial charge in [-0.15, -0.1) is 0 Å². The molecule has 3 N–H and O–H groups in total. The van der Waals surface area contributed by atoms with E-state index in [1.165, 1.54) is 11.3 Å². The predicted molar refractivity (Wildman–Crippen MR) is 85.0 cm³/mol. The van der Waals surface area contributed by atoms with E-state index in [0.29, 0.717) is 23.2 Å². The molecule has 2 rings (SSSR count). The van der Waals surface area contributed by atoms with E-state index in [0.717, 1.165) is 10.2 Å². The first-order chi connectivity index (χ1) is 9.29. The molecule has 0 aliphatic rings. The van der Waals surface area contributed by atoms with Crippen LogP contribution in [-0.4, -0.2) is 17.4 Å². The maximum atomic E-state index is 12.2. The molecule has 0 atom stereocenters. The molecule has 0 unspecified atom stereocenters. The summed E-state index contributed by atoms with van der Waals surface area (Å²) in [6, 6.07) is 5.48. The lowest BCUT2D eigenvalue weighted by molar-refractivity contribution is 0.0925. The summed E-state index contributed by atoms with van der Waals surface area (Å²) in [6.07, 6.45) is 0. The fraction of sp³-hybridized carbons (Fsp3) is 0.467. The quantitative estimate of drug-likeness (QED) is 0.908. The highest BCUT2D eigenvalue weighted by atomic mass is 32.1. The van der Waals surface area contributed by atoms with Crippen LogP contribution in [0.2, 0.25) is 0 Å². The molecule has 0 spiro atoms. The molecule has 108 valence electrons. The summed E-state index contributed by atoms with van der Waals surface area (Å²) in [4.78, 5) is 16.4. The van der Waals surface area contributed by atoms with E-state index in [2.05, 4.69) is 38.0 Å². The van der Waals surface area contributed by atoms with Crippen molar-refractivity contribution in [1.29, 1.82) is 0 Å². The zero-order valence-corrected chi connectivity index (χ0v) is 13.2. The minimum absolute atomic E-state index is 0.0485. The van der Waals surface area contributed by atoms with Gasteiger partial charge < -0.3 is 11.1 Å². The number of hydrogen-bond donors (Lipinski definition) is 2. The topological polar surface area (TPSA) is 68.0 Å². The van der Waals surface area contributed by atoms with Gasteiger partial charge in [-0.25, -0.2) is 4.98 Å². The summed E-state index contributed by atoms with van der Waals surface area (Å²) in [5, 5.41) is 3.53. The lowest BCUT2D eigenvalue weighted by Gasteiger charge is -2.29. The summed E-state index contributed by atoms with van der Waals surface area (Å²) < 4.78 is 0.943.